The number of likely N-dealkylation sites (tertiary alicyclic amines) is 1. The van der Waals surface area contributed by atoms with Crippen molar-refractivity contribution in [3.63, 3.8) is 0 Å². The van der Waals surface area contributed by atoms with Crippen molar-refractivity contribution in [2.75, 3.05) is 19.7 Å². The van der Waals surface area contributed by atoms with E-state index < -0.39 is 16.8 Å². The Morgan fingerprint density at radius 3 is 2.26 bits per heavy atom. The molecule has 0 N–H and O–H groups in total. The van der Waals surface area contributed by atoms with Crippen LogP contribution in [0.5, 0.6) is 0 Å². The van der Waals surface area contributed by atoms with E-state index in [1.807, 2.05) is 13.8 Å². The molecule has 1 atom stereocenters. The minimum Gasteiger partial charge on any atom is -0.465 e. The Morgan fingerprint density at radius 2 is 1.78 bits per heavy atom. The van der Waals surface area contributed by atoms with E-state index in [1.54, 1.807) is 37.8 Å². The van der Waals surface area contributed by atoms with Gasteiger partial charge in [-0.1, -0.05) is 19.1 Å². The summed E-state index contributed by atoms with van der Waals surface area (Å²) < 4.78 is 5.34. The Morgan fingerprint density at radius 1 is 1.22 bits per heavy atom. The molecule has 0 aromatic heterocycles. The van der Waals surface area contributed by atoms with Crippen molar-refractivity contribution < 1.29 is 19.1 Å². The summed E-state index contributed by atoms with van der Waals surface area (Å²) in [6, 6.07) is 0. The van der Waals surface area contributed by atoms with Crippen molar-refractivity contribution in [2.24, 2.45) is 10.8 Å². The summed E-state index contributed by atoms with van der Waals surface area (Å²) in [6.07, 6.45) is 4.26. The maximum absolute atomic E-state index is 12.9. The van der Waals surface area contributed by atoms with Gasteiger partial charge in [-0.3, -0.25) is 14.4 Å². The lowest BCUT2D eigenvalue weighted by molar-refractivity contribution is -0.163. The quantitative estimate of drug-likeness (QED) is 0.589. The number of hydrogen-bond donors (Lipinski definition) is 0. The highest BCUT2D eigenvalue weighted by atomic mass is 16.5. The maximum atomic E-state index is 12.9. The summed E-state index contributed by atoms with van der Waals surface area (Å²) in [5.74, 6) is -0.784. The van der Waals surface area contributed by atoms with Crippen LogP contribution in [0.2, 0.25) is 0 Å². The van der Waals surface area contributed by atoms with Gasteiger partial charge in [-0.05, 0) is 45.3 Å². The highest BCUT2D eigenvalue weighted by Crippen LogP contribution is 2.52. The molecule has 2 aliphatic rings. The van der Waals surface area contributed by atoms with Crippen LogP contribution < -0.4 is 0 Å². The summed E-state index contributed by atoms with van der Waals surface area (Å²) in [5.41, 5.74) is -1.01. The highest BCUT2D eigenvalue weighted by Gasteiger charge is 2.64. The van der Waals surface area contributed by atoms with Gasteiger partial charge in [0.05, 0.1) is 12.0 Å². The molecule has 0 aromatic carbocycles. The van der Waals surface area contributed by atoms with Gasteiger partial charge >= 0.3 is 5.97 Å². The molecule has 5 nitrogen and oxygen atoms in total. The summed E-state index contributed by atoms with van der Waals surface area (Å²) in [6.45, 7) is 10.1. The molecule has 23 heavy (non-hydrogen) atoms. The third-order valence-electron chi connectivity index (χ3n) is 4.99. The topological polar surface area (TPSA) is 63.7 Å². The smallest absolute Gasteiger partial charge is 0.322 e. The lowest BCUT2D eigenvalue weighted by Crippen LogP contribution is -2.48. The Bertz CT molecular complexity index is 595. The standard InChI is InChI=1S/C18H25NO4/c1-6-8-23-16(22)17(5)15(21)19(7-2)11-18(17)9-12(3)14(20)13(4)10-18/h9-10H,6-8,11H2,1-5H3/t17-/m1/s1. The molecule has 0 saturated carbocycles. The number of ether oxygens (including phenoxy) is 1. The molecule has 126 valence electrons. The second-order valence-corrected chi connectivity index (χ2v) is 6.60. The second-order valence-electron chi connectivity index (χ2n) is 6.60. The van der Waals surface area contributed by atoms with Gasteiger partial charge in [0.1, 0.15) is 0 Å². The molecule has 2 rings (SSSR count). The Balaban J connectivity index is 2.58. The number of allylic oxidation sites excluding steroid dienone is 2. The van der Waals surface area contributed by atoms with Gasteiger partial charge in [-0.25, -0.2) is 0 Å². The first-order valence-electron chi connectivity index (χ1n) is 8.13. The van der Waals surface area contributed by atoms with Crippen molar-refractivity contribution >= 4 is 17.7 Å². The van der Waals surface area contributed by atoms with Crippen LogP contribution in [0.15, 0.2) is 23.3 Å². The molecule has 1 saturated heterocycles. The number of nitrogens with zero attached hydrogens (tertiary/aromatic N) is 1. The number of ketones is 1. The Labute approximate surface area is 137 Å². The van der Waals surface area contributed by atoms with Crippen LogP contribution in [-0.4, -0.2) is 42.3 Å². The number of carbonyl (C=O) groups is 3. The number of amides is 1. The van der Waals surface area contributed by atoms with Gasteiger partial charge in [0, 0.05) is 13.1 Å². The van der Waals surface area contributed by atoms with E-state index in [0.29, 0.717) is 30.7 Å². The van der Waals surface area contributed by atoms with Crippen LogP contribution in [0.4, 0.5) is 0 Å². The van der Waals surface area contributed by atoms with Crippen LogP contribution in [-0.2, 0) is 19.1 Å². The average molecular weight is 319 g/mol. The summed E-state index contributed by atoms with van der Waals surface area (Å²) in [4.78, 5) is 39.4. The first kappa shape index (κ1) is 17.4. The van der Waals surface area contributed by atoms with Gasteiger partial charge in [-0.15, -0.1) is 0 Å². The fourth-order valence-corrected chi connectivity index (χ4v) is 3.57. The third-order valence-corrected chi connectivity index (χ3v) is 4.99. The van der Waals surface area contributed by atoms with Crippen molar-refractivity contribution in [3.05, 3.63) is 23.3 Å². The van der Waals surface area contributed by atoms with E-state index in [0.717, 1.165) is 0 Å². The lowest BCUT2D eigenvalue weighted by Gasteiger charge is -2.37. The largest absolute Gasteiger partial charge is 0.465 e. The van der Waals surface area contributed by atoms with Crippen molar-refractivity contribution in [1.29, 1.82) is 0 Å². The van der Waals surface area contributed by atoms with E-state index in [4.69, 9.17) is 4.74 Å². The molecule has 0 aromatic rings. The molecule has 1 heterocycles. The van der Waals surface area contributed by atoms with Gasteiger partial charge in [0.2, 0.25) is 5.91 Å². The molecule has 5 heteroatoms. The van der Waals surface area contributed by atoms with E-state index in [9.17, 15) is 14.4 Å². The number of rotatable bonds is 4. The minimum absolute atomic E-state index is 0.0395. The fraction of sp³-hybridized carbons (Fsp3) is 0.611. The molecule has 1 spiro atoms. The van der Waals surface area contributed by atoms with Crippen molar-refractivity contribution in [3.8, 4) is 0 Å². The van der Waals surface area contributed by atoms with E-state index >= 15 is 0 Å². The SMILES string of the molecule is CCCOC(=O)[C@@]1(C)C(=O)N(CC)CC12C=C(C)C(=O)C(C)=C2. The number of hydrogen-bond acceptors (Lipinski definition) is 4. The van der Waals surface area contributed by atoms with Crippen LogP contribution in [0.25, 0.3) is 0 Å². The van der Waals surface area contributed by atoms with E-state index in [1.165, 1.54) is 0 Å². The van der Waals surface area contributed by atoms with Crippen LogP contribution in [0, 0.1) is 10.8 Å². The first-order valence-corrected chi connectivity index (χ1v) is 8.13. The number of esters is 1. The summed E-state index contributed by atoms with van der Waals surface area (Å²) in [7, 11) is 0. The zero-order valence-corrected chi connectivity index (χ0v) is 14.6. The van der Waals surface area contributed by atoms with Gasteiger partial charge in [0.25, 0.3) is 0 Å². The average Bonchev–Trinajstić information content (AvgIpc) is 2.72. The molecule has 0 unspecified atom stereocenters. The lowest BCUT2D eigenvalue weighted by atomic mass is 9.62. The van der Waals surface area contributed by atoms with Crippen LogP contribution >= 0.6 is 0 Å². The molecule has 0 bridgehead atoms. The Hall–Kier alpha value is -1.91. The van der Waals surface area contributed by atoms with Crippen LogP contribution in [0.3, 0.4) is 0 Å². The number of Topliss-reactive ketones (excluding diaryl/α,β-unsaturated/α-hetero) is 1. The predicted molar refractivity (Wildman–Crippen MR) is 86.6 cm³/mol. The van der Waals surface area contributed by atoms with E-state index in [-0.39, 0.29) is 18.3 Å². The van der Waals surface area contributed by atoms with Gasteiger partial charge < -0.3 is 9.64 Å². The fourth-order valence-electron chi connectivity index (χ4n) is 3.57. The molecule has 0 radical (unpaired) electrons. The van der Waals surface area contributed by atoms with Crippen molar-refractivity contribution in [2.45, 2.75) is 41.0 Å². The normalized spacial score (nSPS) is 26.4. The zero-order chi connectivity index (χ0) is 17.4. The summed E-state index contributed by atoms with van der Waals surface area (Å²) in [5, 5.41) is 0. The van der Waals surface area contributed by atoms with E-state index in [2.05, 4.69) is 0 Å². The molecule has 1 amide bonds. The third kappa shape index (κ3) is 2.42. The van der Waals surface area contributed by atoms with Gasteiger partial charge in [0.15, 0.2) is 11.2 Å². The van der Waals surface area contributed by atoms with Crippen molar-refractivity contribution in [1.82, 2.24) is 4.90 Å². The first-order chi connectivity index (χ1) is 10.7. The van der Waals surface area contributed by atoms with Gasteiger partial charge in [-0.2, -0.15) is 0 Å². The highest BCUT2D eigenvalue weighted by molar-refractivity contribution is 6.11. The van der Waals surface area contributed by atoms with Crippen LogP contribution in [0.1, 0.15) is 41.0 Å². The Kier molecular flexibility index (Phi) is 4.51. The monoisotopic (exact) mass is 319 g/mol. The second kappa shape index (κ2) is 5.95. The molecule has 1 aliphatic carbocycles. The summed E-state index contributed by atoms with van der Waals surface area (Å²) >= 11 is 0. The maximum Gasteiger partial charge on any atom is 0.322 e. The molecular weight excluding hydrogens is 294 g/mol. The number of carbonyl (C=O) groups excluding carboxylic acids is 3. The minimum atomic E-state index is -1.33. The predicted octanol–water partition coefficient (Wildman–Crippen LogP) is 2.27. The molecule has 1 fully saturated rings. The molecule has 1 aliphatic heterocycles. The zero-order valence-electron chi connectivity index (χ0n) is 14.6. The molecular formula is C18H25NO4.